The predicted molar refractivity (Wildman–Crippen MR) is 95.3 cm³/mol. The zero-order valence-corrected chi connectivity index (χ0v) is 14.3. The second kappa shape index (κ2) is 7.24. The highest BCUT2D eigenvalue weighted by molar-refractivity contribution is 5.92. The van der Waals surface area contributed by atoms with Crippen molar-refractivity contribution in [3.8, 4) is 5.75 Å². The summed E-state index contributed by atoms with van der Waals surface area (Å²) in [4.78, 5) is 46.6. The number of ether oxygens (including phenoxy) is 1. The molecule has 0 bridgehead atoms. The van der Waals surface area contributed by atoms with Crippen LogP contribution in [0.15, 0.2) is 41.6 Å². The lowest BCUT2D eigenvalue weighted by atomic mass is 9.87. The minimum Gasteiger partial charge on any atom is -0.506 e. The van der Waals surface area contributed by atoms with Crippen LogP contribution < -0.4 is 11.3 Å². The molecule has 0 aliphatic carbocycles. The number of carbonyl (C=O) groups excluding carboxylic acids is 2. The zero-order valence-electron chi connectivity index (χ0n) is 14.3. The second-order valence-corrected chi connectivity index (χ2v) is 5.81. The summed E-state index contributed by atoms with van der Waals surface area (Å²) in [5, 5.41) is 10.5. The van der Waals surface area contributed by atoms with E-state index in [0.29, 0.717) is 16.6 Å². The lowest BCUT2D eigenvalue weighted by molar-refractivity contribution is -0.118. The highest BCUT2D eigenvalue weighted by atomic mass is 16.5. The number of nitrogens with one attached hydrogen (secondary N) is 1. The molecule has 4 N–H and O–H groups in total. The van der Waals surface area contributed by atoms with Crippen molar-refractivity contribution in [2.75, 3.05) is 7.11 Å². The van der Waals surface area contributed by atoms with Gasteiger partial charge in [0.1, 0.15) is 11.3 Å². The average molecular weight is 368 g/mol. The van der Waals surface area contributed by atoms with E-state index < -0.39 is 29.1 Å². The molecule has 0 unspecified atom stereocenters. The van der Waals surface area contributed by atoms with E-state index in [9.17, 15) is 19.5 Å². The standard InChI is InChI=1S/C18H16N4O5/c1-27-18(26)11-8-22-17(25)15(16(11)24)10(7-14(19)23)9-2-3-12-13(6-9)21-5-4-20-12/h2-6,8,10H,7H2,1H3,(H2,19,23)(H2,22,24,25)/t10-/m1/s1. The Kier molecular flexibility index (Phi) is 4.84. The molecule has 0 saturated heterocycles. The third-order valence-electron chi connectivity index (χ3n) is 4.16. The molecule has 1 amide bonds. The van der Waals surface area contributed by atoms with Crippen molar-refractivity contribution in [2.45, 2.75) is 12.3 Å². The number of nitrogens with two attached hydrogens (primary N) is 1. The third kappa shape index (κ3) is 3.47. The van der Waals surface area contributed by atoms with Gasteiger partial charge < -0.3 is 20.6 Å². The monoisotopic (exact) mass is 368 g/mol. The number of methoxy groups -OCH3 is 1. The number of fused-ring (bicyclic) bond motifs is 1. The molecule has 1 atom stereocenters. The largest absolute Gasteiger partial charge is 0.506 e. The molecule has 0 aliphatic heterocycles. The molecule has 3 rings (SSSR count). The first-order valence-electron chi connectivity index (χ1n) is 7.94. The molecule has 9 nitrogen and oxygen atoms in total. The van der Waals surface area contributed by atoms with Gasteiger partial charge in [0.25, 0.3) is 5.56 Å². The summed E-state index contributed by atoms with van der Waals surface area (Å²) in [6.07, 6.45) is 3.85. The van der Waals surface area contributed by atoms with Crippen molar-refractivity contribution in [3.63, 3.8) is 0 Å². The van der Waals surface area contributed by atoms with Crippen molar-refractivity contribution in [1.29, 1.82) is 0 Å². The van der Waals surface area contributed by atoms with Crippen molar-refractivity contribution < 1.29 is 19.4 Å². The van der Waals surface area contributed by atoms with Gasteiger partial charge in [0.15, 0.2) is 0 Å². The van der Waals surface area contributed by atoms with Gasteiger partial charge >= 0.3 is 5.97 Å². The molecule has 0 aliphatic rings. The molecule has 27 heavy (non-hydrogen) atoms. The third-order valence-corrected chi connectivity index (χ3v) is 4.16. The van der Waals surface area contributed by atoms with E-state index in [2.05, 4.69) is 19.7 Å². The summed E-state index contributed by atoms with van der Waals surface area (Å²) in [6, 6.07) is 5.00. The molecule has 2 heterocycles. The number of aromatic hydroxyl groups is 1. The number of carbonyl (C=O) groups is 2. The Bertz CT molecular complexity index is 1090. The van der Waals surface area contributed by atoms with E-state index in [0.717, 1.165) is 13.3 Å². The summed E-state index contributed by atoms with van der Waals surface area (Å²) in [7, 11) is 1.15. The van der Waals surface area contributed by atoms with Crippen LogP contribution in [0.5, 0.6) is 5.75 Å². The molecule has 3 aromatic rings. The number of amides is 1. The highest BCUT2D eigenvalue weighted by Crippen LogP contribution is 2.34. The van der Waals surface area contributed by atoms with Crippen molar-refractivity contribution in [1.82, 2.24) is 15.0 Å². The lowest BCUT2D eigenvalue weighted by Gasteiger charge is -2.18. The quantitative estimate of drug-likeness (QED) is 0.564. The molecule has 2 aromatic heterocycles. The number of aromatic amines is 1. The van der Waals surface area contributed by atoms with Crippen molar-refractivity contribution in [3.05, 3.63) is 63.8 Å². The van der Waals surface area contributed by atoms with Crippen LogP contribution in [0.2, 0.25) is 0 Å². The van der Waals surface area contributed by atoms with Gasteiger partial charge in [-0.1, -0.05) is 6.07 Å². The topological polar surface area (TPSA) is 148 Å². The van der Waals surface area contributed by atoms with Crippen molar-refractivity contribution >= 4 is 22.9 Å². The molecule has 0 spiro atoms. The first kappa shape index (κ1) is 18.1. The van der Waals surface area contributed by atoms with Gasteiger partial charge in [-0.15, -0.1) is 0 Å². The maximum atomic E-state index is 12.4. The first-order chi connectivity index (χ1) is 12.9. The lowest BCUT2D eigenvalue weighted by Crippen LogP contribution is -2.23. The number of esters is 1. The van der Waals surface area contributed by atoms with Crippen LogP contribution in [0.25, 0.3) is 11.0 Å². The SMILES string of the molecule is COC(=O)c1c[nH]c(=O)c([C@H](CC(N)=O)c2ccc3nccnc3c2)c1O. The number of benzene rings is 1. The zero-order chi connectivity index (χ0) is 19.6. The highest BCUT2D eigenvalue weighted by Gasteiger charge is 2.27. The number of nitrogens with zero attached hydrogens (tertiary/aromatic N) is 2. The van der Waals surface area contributed by atoms with E-state index in [1.54, 1.807) is 24.4 Å². The summed E-state index contributed by atoms with van der Waals surface area (Å²) >= 11 is 0. The fourth-order valence-corrected chi connectivity index (χ4v) is 2.91. The van der Waals surface area contributed by atoms with Gasteiger partial charge in [-0.3, -0.25) is 19.6 Å². The average Bonchev–Trinajstić information content (AvgIpc) is 2.66. The maximum Gasteiger partial charge on any atom is 0.343 e. The van der Waals surface area contributed by atoms with Crippen LogP contribution in [0.3, 0.4) is 0 Å². The van der Waals surface area contributed by atoms with Gasteiger partial charge in [0.2, 0.25) is 5.91 Å². The fraction of sp³-hybridized carbons (Fsp3) is 0.167. The summed E-state index contributed by atoms with van der Waals surface area (Å²) in [5.74, 6) is -2.95. The van der Waals surface area contributed by atoms with Gasteiger partial charge in [0, 0.05) is 30.9 Å². The van der Waals surface area contributed by atoms with Crippen LogP contribution in [-0.2, 0) is 9.53 Å². The van der Waals surface area contributed by atoms with Crippen LogP contribution in [0, 0.1) is 0 Å². The van der Waals surface area contributed by atoms with Crippen molar-refractivity contribution in [2.24, 2.45) is 5.73 Å². The van der Waals surface area contributed by atoms with E-state index >= 15 is 0 Å². The van der Waals surface area contributed by atoms with Gasteiger partial charge in [0.05, 0.1) is 23.7 Å². The molecular formula is C18H16N4O5. The smallest absolute Gasteiger partial charge is 0.343 e. The van der Waals surface area contributed by atoms with Crippen LogP contribution in [0.1, 0.15) is 33.8 Å². The molecule has 0 saturated carbocycles. The van der Waals surface area contributed by atoms with E-state index in [4.69, 9.17) is 5.73 Å². The second-order valence-electron chi connectivity index (χ2n) is 5.81. The Morgan fingerprint density at radius 1 is 1.26 bits per heavy atom. The predicted octanol–water partition coefficient (Wildman–Crippen LogP) is 0.818. The van der Waals surface area contributed by atoms with Gasteiger partial charge in [-0.25, -0.2) is 4.79 Å². The van der Waals surface area contributed by atoms with Crippen LogP contribution >= 0.6 is 0 Å². The Balaban J connectivity index is 2.22. The number of hydrogen-bond acceptors (Lipinski definition) is 7. The Labute approximate surface area is 152 Å². The summed E-state index contributed by atoms with van der Waals surface area (Å²) < 4.78 is 4.61. The number of hydrogen-bond donors (Lipinski definition) is 3. The van der Waals surface area contributed by atoms with E-state index in [-0.39, 0.29) is 17.5 Å². The first-order valence-corrected chi connectivity index (χ1v) is 7.94. The minimum absolute atomic E-state index is 0.153. The maximum absolute atomic E-state index is 12.4. The Morgan fingerprint density at radius 2 is 1.96 bits per heavy atom. The molecule has 1 aromatic carbocycles. The molecular weight excluding hydrogens is 352 g/mol. The summed E-state index contributed by atoms with van der Waals surface area (Å²) in [6.45, 7) is 0. The number of pyridine rings is 1. The Morgan fingerprint density at radius 3 is 2.63 bits per heavy atom. The van der Waals surface area contributed by atoms with Crippen LogP contribution in [0.4, 0.5) is 0 Å². The normalized spacial score (nSPS) is 11.9. The fourth-order valence-electron chi connectivity index (χ4n) is 2.91. The molecule has 9 heteroatoms. The number of primary amides is 1. The number of rotatable bonds is 5. The minimum atomic E-state index is -0.887. The number of H-pyrrole nitrogens is 1. The molecule has 0 radical (unpaired) electrons. The molecule has 138 valence electrons. The van der Waals surface area contributed by atoms with Gasteiger partial charge in [-0.2, -0.15) is 0 Å². The molecule has 0 fully saturated rings. The van der Waals surface area contributed by atoms with Crippen LogP contribution in [-0.4, -0.2) is 39.0 Å². The van der Waals surface area contributed by atoms with E-state index in [1.807, 2.05) is 0 Å². The Hall–Kier alpha value is -3.75. The number of aromatic nitrogens is 3. The van der Waals surface area contributed by atoms with E-state index in [1.165, 1.54) is 6.20 Å². The summed E-state index contributed by atoms with van der Waals surface area (Å²) in [5.41, 5.74) is 6.02. The van der Waals surface area contributed by atoms with Gasteiger partial charge in [-0.05, 0) is 17.7 Å².